The molecule has 0 saturated heterocycles. The summed E-state index contributed by atoms with van der Waals surface area (Å²) in [5.41, 5.74) is 11.1. The van der Waals surface area contributed by atoms with Crippen molar-refractivity contribution in [3.63, 3.8) is 0 Å². The number of hydrogen-bond acceptors (Lipinski definition) is 3. The first kappa shape index (κ1) is 18.5. The van der Waals surface area contributed by atoms with Gasteiger partial charge in [-0.1, -0.05) is 48.5 Å². The highest BCUT2D eigenvalue weighted by Crippen LogP contribution is 2.49. The van der Waals surface area contributed by atoms with Gasteiger partial charge in [-0.3, -0.25) is 4.57 Å². The second kappa shape index (κ2) is 6.72. The molecule has 0 fully saturated rings. The van der Waals surface area contributed by atoms with Crippen molar-refractivity contribution in [3.8, 4) is 5.69 Å². The van der Waals surface area contributed by atoms with Gasteiger partial charge in [0.05, 0.1) is 28.1 Å². The summed E-state index contributed by atoms with van der Waals surface area (Å²) in [6.45, 7) is 4.52. The molecular weight excluding hydrogens is 404 g/mol. The maximum atomic E-state index is 4.91. The molecular formula is C29H24N4. The Balaban J connectivity index is 1.42. The summed E-state index contributed by atoms with van der Waals surface area (Å²) in [6.07, 6.45) is 1.04. The van der Waals surface area contributed by atoms with Gasteiger partial charge in [0, 0.05) is 17.8 Å². The Bertz CT molecular complexity index is 1530. The van der Waals surface area contributed by atoms with Crippen LogP contribution >= 0.6 is 0 Å². The van der Waals surface area contributed by atoms with Crippen molar-refractivity contribution in [1.29, 1.82) is 0 Å². The number of benzene rings is 4. The fourth-order valence-electron chi connectivity index (χ4n) is 5.65. The summed E-state index contributed by atoms with van der Waals surface area (Å²) in [5, 5.41) is 0. The summed E-state index contributed by atoms with van der Waals surface area (Å²) in [4.78, 5) is 9.82. The third-order valence-electron chi connectivity index (χ3n) is 7.06. The van der Waals surface area contributed by atoms with E-state index >= 15 is 0 Å². The molecule has 5 aromatic rings. The zero-order chi connectivity index (χ0) is 22.1. The number of para-hydroxylation sites is 5. The van der Waals surface area contributed by atoms with Crippen molar-refractivity contribution in [1.82, 2.24) is 9.55 Å². The zero-order valence-electron chi connectivity index (χ0n) is 18.7. The smallest absolute Gasteiger partial charge is 0.118 e. The lowest BCUT2D eigenvalue weighted by atomic mass is 10.0. The summed E-state index contributed by atoms with van der Waals surface area (Å²) >= 11 is 0. The number of imidazole rings is 1. The molecule has 4 aromatic carbocycles. The van der Waals surface area contributed by atoms with Crippen LogP contribution in [0.15, 0.2) is 91.0 Å². The van der Waals surface area contributed by atoms with Crippen molar-refractivity contribution < 1.29 is 0 Å². The minimum atomic E-state index is 0.155. The molecule has 33 heavy (non-hydrogen) atoms. The molecule has 3 heterocycles. The van der Waals surface area contributed by atoms with E-state index in [2.05, 4.69) is 119 Å². The molecule has 0 N–H and O–H groups in total. The lowest BCUT2D eigenvalue weighted by Gasteiger charge is -2.31. The van der Waals surface area contributed by atoms with Crippen LogP contribution in [0.1, 0.15) is 23.9 Å². The highest BCUT2D eigenvalue weighted by molar-refractivity contribution is 5.90. The third-order valence-corrected chi connectivity index (χ3v) is 7.06. The van der Waals surface area contributed by atoms with Crippen molar-refractivity contribution in [2.24, 2.45) is 0 Å². The number of rotatable bonds is 2. The van der Waals surface area contributed by atoms with Crippen LogP contribution in [0.5, 0.6) is 0 Å². The molecule has 160 valence electrons. The van der Waals surface area contributed by atoms with E-state index in [-0.39, 0.29) is 6.17 Å². The number of nitrogens with zero attached hydrogens (tertiary/aromatic N) is 4. The Morgan fingerprint density at radius 3 is 2.24 bits per heavy atom. The predicted octanol–water partition coefficient (Wildman–Crippen LogP) is 6.87. The monoisotopic (exact) mass is 428 g/mol. The minimum Gasteiger partial charge on any atom is -0.319 e. The van der Waals surface area contributed by atoms with Gasteiger partial charge < -0.3 is 9.80 Å². The van der Waals surface area contributed by atoms with E-state index in [0.717, 1.165) is 17.8 Å². The standard InChI is InChI=1S/C29H24N4/c1-19-16-21-17-29-30-23-12-6-7-13-24(23)33(29)28(21)18-27(19)32-20(2)31(22-10-4-3-5-11-22)25-14-8-9-15-26(25)32/h3-16,18,20H,17H2,1-2H3/t20-/m0/s1. The van der Waals surface area contributed by atoms with Crippen LogP contribution in [-0.2, 0) is 6.42 Å². The Kier molecular flexibility index (Phi) is 3.77. The normalized spacial score (nSPS) is 16.2. The number of fused-ring (bicyclic) bond motifs is 6. The topological polar surface area (TPSA) is 24.3 Å². The van der Waals surface area contributed by atoms with Crippen LogP contribution in [0.3, 0.4) is 0 Å². The molecule has 7 rings (SSSR count). The second-order valence-electron chi connectivity index (χ2n) is 8.99. The van der Waals surface area contributed by atoms with Gasteiger partial charge in [-0.05, 0) is 67.4 Å². The Morgan fingerprint density at radius 2 is 1.42 bits per heavy atom. The van der Waals surface area contributed by atoms with Gasteiger partial charge in [0.15, 0.2) is 0 Å². The van der Waals surface area contributed by atoms with E-state index in [4.69, 9.17) is 4.98 Å². The van der Waals surface area contributed by atoms with Gasteiger partial charge >= 0.3 is 0 Å². The first-order valence-corrected chi connectivity index (χ1v) is 11.5. The Hall–Kier alpha value is -4.05. The number of aromatic nitrogens is 2. The highest BCUT2D eigenvalue weighted by Gasteiger charge is 2.36. The fourth-order valence-corrected chi connectivity index (χ4v) is 5.65. The van der Waals surface area contributed by atoms with Crippen LogP contribution in [0.25, 0.3) is 16.7 Å². The summed E-state index contributed by atoms with van der Waals surface area (Å²) in [5.74, 6) is 1.13. The average Bonchev–Trinajstić information content (AvgIpc) is 3.46. The van der Waals surface area contributed by atoms with Gasteiger partial charge in [0.2, 0.25) is 0 Å². The molecule has 0 amide bonds. The molecule has 0 saturated carbocycles. The maximum absolute atomic E-state index is 4.91. The SMILES string of the molecule is Cc1cc2c(cc1N1c3ccccc3N(c3ccccc3)[C@@H]1C)-n1c(nc3ccccc31)C2. The Labute approximate surface area is 193 Å². The lowest BCUT2D eigenvalue weighted by molar-refractivity contribution is 0.759. The van der Waals surface area contributed by atoms with E-state index in [9.17, 15) is 0 Å². The first-order valence-electron chi connectivity index (χ1n) is 11.5. The second-order valence-corrected chi connectivity index (χ2v) is 8.99. The first-order chi connectivity index (χ1) is 16.2. The van der Waals surface area contributed by atoms with Crippen LogP contribution in [0.4, 0.5) is 22.7 Å². The van der Waals surface area contributed by atoms with Gasteiger partial charge in [-0.15, -0.1) is 0 Å². The highest BCUT2D eigenvalue weighted by atomic mass is 15.4. The minimum absolute atomic E-state index is 0.155. The fraction of sp³-hybridized carbons (Fsp3) is 0.138. The van der Waals surface area contributed by atoms with Crippen LogP contribution in [0, 0.1) is 6.92 Å². The van der Waals surface area contributed by atoms with Gasteiger partial charge in [-0.25, -0.2) is 4.98 Å². The zero-order valence-corrected chi connectivity index (χ0v) is 18.7. The van der Waals surface area contributed by atoms with Crippen LogP contribution in [-0.4, -0.2) is 15.7 Å². The molecule has 2 aliphatic heterocycles. The molecule has 0 bridgehead atoms. The lowest BCUT2D eigenvalue weighted by Crippen LogP contribution is -2.35. The van der Waals surface area contributed by atoms with Crippen LogP contribution < -0.4 is 9.80 Å². The number of anilines is 4. The molecule has 2 aliphatic rings. The summed E-state index contributed by atoms with van der Waals surface area (Å²) < 4.78 is 2.34. The van der Waals surface area contributed by atoms with Crippen molar-refractivity contribution >= 4 is 33.8 Å². The summed E-state index contributed by atoms with van der Waals surface area (Å²) in [6, 6.07) is 32.6. The average molecular weight is 429 g/mol. The largest absolute Gasteiger partial charge is 0.319 e. The number of aryl methyl sites for hydroxylation is 1. The van der Waals surface area contributed by atoms with Gasteiger partial charge in [-0.2, -0.15) is 0 Å². The van der Waals surface area contributed by atoms with E-state index in [0.29, 0.717) is 0 Å². The quantitative estimate of drug-likeness (QED) is 0.301. The van der Waals surface area contributed by atoms with E-state index in [1.165, 1.54) is 45.1 Å². The molecule has 0 unspecified atom stereocenters. The summed E-state index contributed by atoms with van der Waals surface area (Å²) in [7, 11) is 0. The predicted molar refractivity (Wildman–Crippen MR) is 135 cm³/mol. The van der Waals surface area contributed by atoms with Gasteiger partial charge in [0.25, 0.3) is 0 Å². The van der Waals surface area contributed by atoms with E-state index in [1.54, 1.807) is 0 Å². The van der Waals surface area contributed by atoms with Crippen LogP contribution in [0.2, 0.25) is 0 Å². The van der Waals surface area contributed by atoms with E-state index in [1.807, 2.05) is 0 Å². The van der Waals surface area contributed by atoms with Gasteiger partial charge in [0.1, 0.15) is 12.0 Å². The molecule has 0 aliphatic carbocycles. The number of hydrogen-bond donors (Lipinski definition) is 0. The van der Waals surface area contributed by atoms with Crippen molar-refractivity contribution in [2.45, 2.75) is 26.4 Å². The Morgan fingerprint density at radius 1 is 0.727 bits per heavy atom. The van der Waals surface area contributed by atoms with E-state index < -0.39 is 0 Å². The van der Waals surface area contributed by atoms with Crippen molar-refractivity contribution in [2.75, 3.05) is 9.80 Å². The molecule has 0 radical (unpaired) electrons. The molecule has 1 aromatic heterocycles. The third kappa shape index (κ3) is 2.55. The maximum Gasteiger partial charge on any atom is 0.118 e. The molecule has 0 spiro atoms. The molecule has 4 nitrogen and oxygen atoms in total. The van der Waals surface area contributed by atoms with Crippen molar-refractivity contribution in [3.05, 3.63) is 108 Å². The molecule has 4 heteroatoms. The molecule has 1 atom stereocenters.